The molecule has 1 aliphatic carbocycles. The van der Waals surface area contributed by atoms with Crippen molar-refractivity contribution in [1.29, 1.82) is 0 Å². The van der Waals surface area contributed by atoms with Crippen LogP contribution in [0.4, 0.5) is 0 Å². The predicted molar refractivity (Wildman–Crippen MR) is 80.9 cm³/mol. The van der Waals surface area contributed by atoms with Gasteiger partial charge in [0, 0.05) is 18.3 Å². The quantitative estimate of drug-likeness (QED) is 0.929. The molecule has 1 saturated carbocycles. The van der Waals surface area contributed by atoms with Crippen LogP contribution >= 0.6 is 0 Å². The molecule has 0 aromatic carbocycles. The Morgan fingerprint density at radius 3 is 2.86 bits per heavy atom. The highest BCUT2D eigenvalue weighted by Crippen LogP contribution is 2.38. The Morgan fingerprint density at radius 2 is 2.10 bits per heavy atom. The normalized spacial score (nSPS) is 29.9. The predicted octanol–water partition coefficient (Wildman–Crippen LogP) is 3.00. The molecule has 1 aromatic rings. The van der Waals surface area contributed by atoms with Crippen molar-refractivity contribution in [2.24, 2.45) is 5.92 Å². The number of fused-ring (bicyclic) bond motifs is 1. The minimum atomic E-state index is -0.674. The minimum Gasteiger partial charge on any atom is -0.480 e. The van der Waals surface area contributed by atoms with E-state index in [9.17, 15) is 9.90 Å². The van der Waals surface area contributed by atoms with E-state index in [1.54, 1.807) is 0 Å². The number of rotatable bonds is 3. The molecule has 3 atom stereocenters. The molecule has 1 saturated heterocycles. The van der Waals surface area contributed by atoms with E-state index >= 15 is 0 Å². The van der Waals surface area contributed by atoms with E-state index in [0.717, 1.165) is 30.7 Å². The van der Waals surface area contributed by atoms with Crippen molar-refractivity contribution in [3.05, 3.63) is 29.6 Å². The van der Waals surface area contributed by atoms with Crippen molar-refractivity contribution in [2.75, 3.05) is 0 Å². The molecule has 21 heavy (non-hydrogen) atoms. The van der Waals surface area contributed by atoms with Crippen LogP contribution in [0.15, 0.2) is 18.2 Å². The lowest BCUT2D eigenvalue weighted by molar-refractivity contribution is -0.148. The zero-order valence-corrected chi connectivity index (χ0v) is 12.7. The van der Waals surface area contributed by atoms with Gasteiger partial charge in [0.2, 0.25) is 0 Å². The molecule has 4 nitrogen and oxygen atoms in total. The fourth-order valence-electron chi connectivity index (χ4n) is 4.10. The molecule has 0 amide bonds. The third-order valence-corrected chi connectivity index (χ3v) is 5.08. The molecule has 3 unspecified atom stereocenters. The smallest absolute Gasteiger partial charge is 0.320 e. The van der Waals surface area contributed by atoms with Gasteiger partial charge in [-0.1, -0.05) is 18.9 Å². The number of likely N-dealkylation sites (tertiary alicyclic amines) is 1. The molecular formula is C17H24N2O2. The van der Waals surface area contributed by atoms with Crippen molar-refractivity contribution in [3.63, 3.8) is 0 Å². The molecule has 2 heterocycles. The number of aryl methyl sites for hydroxylation is 1. The Bertz CT molecular complexity index is 517. The highest BCUT2D eigenvalue weighted by atomic mass is 16.4. The first-order valence-corrected chi connectivity index (χ1v) is 8.06. The molecule has 1 aliphatic heterocycles. The van der Waals surface area contributed by atoms with E-state index in [1.165, 1.54) is 19.3 Å². The maximum absolute atomic E-state index is 11.6. The number of carboxylic acid groups (broad SMARTS) is 1. The Balaban J connectivity index is 1.83. The van der Waals surface area contributed by atoms with Crippen LogP contribution in [0.1, 0.15) is 49.9 Å². The summed E-state index contributed by atoms with van der Waals surface area (Å²) in [7, 11) is 0. The Morgan fingerprint density at radius 1 is 1.29 bits per heavy atom. The van der Waals surface area contributed by atoms with Crippen molar-refractivity contribution in [1.82, 2.24) is 9.88 Å². The van der Waals surface area contributed by atoms with Crippen molar-refractivity contribution >= 4 is 5.97 Å². The van der Waals surface area contributed by atoms with E-state index < -0.39 is 5.97 Å². The van der Waals surface area contributed by atoms with E-state index in [4.69, 9.17) is 0 Å². The summed E-state index contributed by atoms with van der Waals surface area (Å²) in [6.45, 7) is 2.65. The number of hydrogen-bond donors (Lipinski definition) is 1. The monoisotopic (exact) mass is 288 g/mol. The van der Waals surface area contributed by atoms with Crippen molar-refractivity contribution < 1.29 is 9.90 Å². The third-order valence-electron chi connectivity index (χ3n) is 5.08. The standard InChI is InChI=1S/C17H24N2O2/c1-12-5-4-7-14(18-12)11-19-15-8-3-2-6-13(15)9-10-16(19)17(20)21/h4-5,7,13,15-16H,2-3,6,8-11H2,1H3,(H,20,21). The SMILES string of the molecule is Cc1cccc(CN2C(C(=O)O)CCC3CCCCC32)n1. The van der Waals surface area contributed by atoms with Crippen LogP contribution in [0.5, 0.6) is 0 Å². The second-order valence-electron chi connectivity index (χ2n) is 6.49. The van der Waals surface area contributed by atoms with Gasteiger partial charge in [0.25, 0.3) is 0 Å². The van der Waals surface area contributed by atoms with E-state index in [0.29, 0.717) is 18.5 Å². The second-order valence-corrected chi connectivity index (χ2v) is 6.49. The first-order valence-electron chi connectivity index (χ1n) is 8.06. The number of aliphatic carboxylic acids is 1. The fraction of sp³-hybridized carbons (Fsp3) is 0.647. The summed E-state index contributed by atoms with van der Waals surface area (Å²) in [6, 6.07) is 6.09. The van der Waals surface area contributed by atoms with Crippen molar-refractivity contribution in [3.8, 4) is 0 Å². The molecule has 0 spiro atoms. The lowest BCUT2D eigenvalue weighted by Crippen LogP contribution is -2.54. The van der Waals surface area contributed by atoms with Crippen LogP contribution in [0.25, 0.3) is 0 Å². The lowest BCUT2D eigenvalue weighted by Gasteiger charge is -2.47. The number of hydrogen-bond acceptors (Lipinski definition) is 3. The summed E-state index contributed by atoms with van der Waals surface area (Å²) < 4.78 is 0. The van der Waals surface area contributed by atoms with E-state index in [-0.39, 0.29) is 6.04 Å². The maximum Gasteiger partial charge on any atom is 0.320 e. The average Bonchev–Trinajstić information content (AvgIpc) is 2.47. The number of aromatic nitrogens is 1. The number of pyridine rings is 1. The second kappa shape index (κ2) is 6.14. The van der Waals surface area contributed by atoms with Gasteiger partial charge in [0.05, 0.1) is 5.69 Å². The molecule has 114 valence electrons. The Kier molecular flexibility index (Phi) is 4.24. The van der Waals surface area contributed by atoms with Gasteiger partial charge in [-0.2, -0.15) is 0 Å². The zero-order valence-electron chi connectivity index (χ0n) is 12.7. The minimum absolute atomic E-state index is 0.341. The van der Waals surface area contributed by atoms with Gasteiger partial charge in [0.15, 0.2) is 0 Å². The number of carboxylic acids is 1. The maximum atomic E-state index is 11.6. The van der Waals surface area contributed by atoms with Crippen LogP contribution in [-0.4, -0.2) is 33.0 Å². The number of nitrogens with zero attached hydrogens (tertiary/aromatic N) is 2. The molecule has 2 fully saturated rings. The summed E-state index contributed by atoms with van der Waals surface area (Å²) in [5.41, 5.74) is 1.99. The summed E-state index contributed by atoms with van der Waals surface area (Å²) >= 11 is 0. The van der Waals surface area contributed by atoms with Gasteiger partial charge in [-0.25, -0.2) is 0 Å². The summed E-state index contributed by atoms with van der Waals surface area (Å²) in [6.07, 6.45) is 6.78. The average molecular weight is 288 g/mol. The van der Waals surface area contributed by atoms with Crippen LogP contribution in [-0.2, 0) is 11.3 Å². The highest BCUT2D eigenvalue weighted by molar-refractivity contribution is 5.73. The Labute approximate surface area is 126 Å². The first-order chi connectivity index (χ1) is 10.1. The number of carbonyl (C=O) groups is 1. The van der Waals surface area contributed by atoms with Crippen LogP contribution in [0.3, 0.4) is 0 Å². The number of piperidine rings is 1. The topological polar surface area (TPSA) is 53.4 Å². The Hall–Kier alpha value is -1.42. The van der Waals surface area contributed by atoms with Gasteiger partial charge >= 0.3 is 5.97 Å². The molecule has 3 rings (SSSR count). The highest BCUT2D eigenvalue weighted by Gasteiger charge is 2.41. The van der Waals surface area contributed by atoms with Gasteiger partial charge in [-0.05, 0) is 50.7 Å². The molecule has 2 aliphatic rings. The van der Waals surface area contributed by atoms with Gasteiger partial charge in [0.1, 0.15) is 6.04 Å². The molecule has 0 radical (unpaired) electrons. The van der Waals surface area contributed by atoms with Gasteiger partial charge < -0.3 is 5.11 Å². The first kappa shape index (κ1) is 14.5. The summed E-state index contributed by atoms with van der Waals surface area (Å²) in [5.74, 6) is 0.00540. The fourth-order valence-corrected chi connectivity index (χ4v) is 4.10. The molecule has 1 N–H and O–H groups in total. The third kappa shape index (κ3) is 3.10. The summed E-state index contributed by atoms with van der Waals surface area (Å²) in [5, 5.41) is 9.57. The van der Waals surface area contributed by atoms with Crippen LogP contribution in [0.2, 0.25) is 0 Å². The van der Waals surface area contributed by atoms with Crippen LogP contribution < -0.4 is 0 Å². The van der Waals surface area contributed by atoms with Gasteiger partial charge in [-0.3, -0.25) is 14.7 Å². The van der Waals surface area contributed by atoms with Gasteiger partial charge in [-0.15, -0.1) is 0 Å². The molecule has 0 bridgehead atoms. The largest absolute Gasteiger partial charge is 0.480 e. The van der Waals surface area contributed by atoms with Crippen molar-refractivity contribution in [2.45, 2.75) is 64.1 Å². The lowest BCUT2D eigenvalue weighted by atomic mass is 9.76. The molecule has 1 aromatic heterocycles. The van der Waals surface area contributed by atoms with Crippen LogP contribution in [0, 0.1) is 12.8 Å². The van der Waals surface area contributed by atoms with E-state index in [1.807, 2.05) is 25.1 Å². The van der Waals surface area contributed by atoms with E-state index in [2.05, 4.69) is 9.88 Å². The molecule has 4 heteroatoms. The zero-order chi connectivity index (χ0) is 14.8. The molecular weight excluding hydrogens is 264 g/mol. The summed E-state index contributed by atoms with van der Waals surface area (Å²) in [4.78, 5) is 18.4.